The summed E-state index contributed by atoms with van der Waals surface area (Å²) in [4.78, 5) is 46.2. The third-order valence-corrected chi connectivity index (χ3v) is 7.49. The maximum absolute atomic E-state index is 13.9. The smallest absolute Gasteiger partial charge is 0.272 e. The van der Waals surface area contributed by atoms with Gasteiger partial charge in [0.25, 0.3) is 5.91 Å². The van der Waals surface area contributed by atoms with Gasteiger partial charge in [-0.1, -0.05) is 75.7 Å². The molecule has 1 aliphatic carbocycles. The van der Waals surface area contributed by atoms with E-state index in [4.69, 9.17) is 10.7 Å². The molecule has 3 amide bonds. The van der Waals surface area contributed by atoms with E-state index < -0.39 is 23.4 Å². The minimum Gasteiger partial charge on any atom is -0.369 e. The van der Waals surface area contributed by atoms with Crippen LogP contribution in [0.4, 0.5) is 5.69 Å². The number of hydrogen-bond donors (Lipinski definition) is 2. The van der Waals surface area contributed by atoms with E-state index in [9.17, 15) is 14.4 Å². The average molecular weight is 475 g/mol. The predicted octanol–water partition coefficient (Wildman–Crippen LogP) is 3.51. The van der Waals surface area contributed by atoms with Crippen LogP contribution in [0.15, 0.2) is 59.6 Å². The molecule has 4 atom stereocenters. The number of benzodiazepines with no additional fused rings is 1. The van der Waals surface area contributed by atoms with Gasteiger partial charge in [-0.3, -0.25) is 14.4 Å². The van der Waals surface area contributed by atoms with Crippen molar-refractivity contribution in [3.63, 3.8) is 0 Å². The van der Waals surface area contributed by atoms with Gasteiger partial charge >= 0.3 is 0 Å². The Bertz CT molecular complexity index is 1160. The van der Waals surface area contributed by atoms with E-state index >= 15 is 0 Å². The molecular weight excluding hydrogens is 440 g/mol. The number of primary amides is 1. The molecule has 0 saturated heterocycles. The van der Waals surface area contributed by atoms with Gasteiger partial charge in [0.1, 0.15) is 0 Å². The zero-order valence-corrected chi connectivity index (χ0v) is 20.8. The van der Waals surface area contributed by atoms with Gasteiger partial charge in [0.05, 0.1) is 22.7 Å². The zero-order valence-electron chi connectivity index (χ0n) is 20.8. The number of hydrogen-bond acceptors (Lipinski definition) is 4. The molecule has 3 N–H and O–H groups in total. The number of nitrogens with two attached hydrogens (primary N) is 1. The highest BCUT2D eigenvalue weighted by atomic mass is 16.2. The Morgan fingerprint density at radius 1 is 1.14 bits per heavy atom. The van der Waals surface area contributed by atoms with E-state index in [0.29, 0.717) is 18.6 Å². The molecule has 2 aliphatic rings. The summed E-state index contributed by atoms with van der Waals surface area (Å²) in [7, 11) is 1.69. The van der Waals surface area contributed by atoms with Crippen molar-refractivity contribution in [2.45, 2.75) is 46.2 Å². The van der Waals surface area contributed by atoms with Crippen LogP contribution in [-0.4, -0.2) is 36.6 Å². The molecule has 1 saturated carbocycles. The third kappa shape index (κ3) is 4.35. The molecule has 0 radical (unpaired) electrons. The minimum atomic E-state index is -1.12. The number of nitrogens with one attached hydrogen (secondary N) is 1. The molecule has 184 valence electrons. The molecule has 7 nitrogen and oxygen atoms in total. The first-order valence-electron chi connectivity index (χ1n) is 12.3. The van der Waals surface area contributed by atoms with Gasteiger partial charge in [-0.2, -0.15) is 0 Å². The fourth-order valence-corrected chi connectivity index (χ4v) is 5.60. The Morgan fingerprint density at radius 3 is 2.40 bits per heavy atom. The third-order valence-electron chi connectivity index (χ3n) is 7.49. The van der Waals surface area contributed by atoms with Gasteiger partial charge in [-0.05, 0) is 30.7 Å². The van der Waals surface area contributed by atoms with Gasteiger partial charge in [-0.25, -0.2) is 4.99 Å². The van der Waals surface area contributed by atoms with Crippen LogP contribution in [0.1, 0.15) is 51.2 Å². The van der Waals surface area contributed by atoms with Gasteiger partial charge in [0, 0.05) is 18.2 Å². The second-order valence-corrected chi connectivity index (χ2v) is 9.97. The van der Waals surface area contributed by atoms with E-state index in [1.165, 1.54) is 4.90 Å². The number of aliphatic imine (C=N–C) groups is 1. The summed E-state index contributed by atoms with van der Waals surface area (Å²) in [5.74, 6) is -1.45. The Labute approximate surface area is 206 Å². The molecule has 1 unspecified atom stereocenters. The number of rotatable bonds is 8. The SMILES string of the molecule is CCC[C@H](C(N)=O)C1(C(=O)N[C@H]2N=C(c3ccccc3)c3ccccc3N(C)C2=O)C[C@H]1C(C)C. The topological polar surface area (TPSA) is 105 Å². The molecule has 7 heteroatoms. The second-order valence-electron chi connectivity index (χ2n) is 9.97. The van der Waals surface area contributed by atoms with Crippen molar-refractivity contribution in [1.82, 2.24) is 5.32 Å². The fraction of sp³-hybridized carbons (Fsp3) is 0.429. The molecule has 4 rings (SSSR count). The number of likely N-dealkylation sites (N-methyl/N-ethyl adjacent to an activating group) is 1. The van der Waals surface area contributed by atoms with Gasteiger partial charge in [-0.15, -0.1) is 0 Å². The van der Waals surface area contributed by atoms with Crippen LogP contribution in [0.2, 0.25) is 0 Å². The van der Waals surface area contributed by atoms with E-state index in [0.717, 1.165) is 23.2 Å². The summed E-state index contributed by atoms with van der Waals surface area (Å²) in [6.45, 7) is 6.08. The first kappa shape index (κ1) is 24.6. The quantitative estimate of drug-likeness (QED) is 0.612. The fourth-order valence-electron chi connectivity index (χ4n) is 5.60. The Kier molecular flexibility index (Phi) is 6.79. The monoisotopic (exact) mass is 474 g/mol. The van der Waals surface area contributed by atoms with Crippen molar-refractivity contribution in [2.24, 2.45) is 33.9 Å². The zero-order chi connectivity index (χ0) is 25.3. The summed E-state index contributed by atoms with van der Waals surface area (Å²) < 4.78 is 0. The lowest BCUT2D eigenvalue weighted by molar-refractivity contribution is -0.138. The molecule has 1 fully saturated rings. The maximum Gasteiger partial charge on any atom is 0.272 e. The van der Waals surface area contributed by atoms with Crippen molar-refractivity contribution in [1.29, 1.82) is 0 Å². The highest BCUT2D eigenvalue weighted by molar-refractivity contribution is 6.20. The highest BCUT2D eigenvalue weighted by Crippen LogP contribution is 2.62. The van der Waals surface area contributed by atoms with Crippen LogP contribution in [0.25, 0.3) is 0 Å². The van der Waals surface area contributed by atoms with Gasteiger partial charge in [0.2, 0.25) is 18.0 Å². The Hall–Kier alpha value is -3.48. The van der Waals surface area contributed by atoms with Crippen LogP contribution in [0, 0.1) is 23.2 Å². The highest BCUT2D eigenvalue weighted by Gasteiger charge is 2.66. The van der Waals surface area contributed by atoms with Crippen LogP contribution >= 0.6 is 0 Å². The van der Waals surface area contributed by atoms with E-state index in [-0.39, 0.29) is 23.7 Å². The number of fused-ring (bicyclic) bond motifs is 1. The molecule has 2 aromatic rings. The van der Waals surface area contributed by atoms with Crippen molar-refractivity contribution in [2.75, 3.05) is 11.9 Å². The predicted molar refractivity (Wildman–Crippen MR) is 137 cm³/mol. The number of para-hydroxylation sites is 1. The Morgan fingerprint density at radius 2 is 1.80 bits per heavy atom. The van der Waals surface area contributed by atoms with E-state index in [1.54, 1.807) is 7.05 Å². The van der Waals surface area contributed by atoms with Crippen molar-refractivity contribution < 1.29 is 14.4 Å². The summed E-state index contributed by atoms with van der Waals surface area (Å²) in [5, 5.41) is 2.93. The van der Waals surface area contributed by atoms with Crippen LogP contribution in [0.5, 0.6) is 0 Å². The maximum atomic E-state index is 13.9. The molecule has 0 bridgehead atoms. The molecule has 0 spiro atoms. The molecule has 35 heavy (non-hydrogen) atoms. The lowest BCUT2D eigenvalue weighted by Crippen LogP contribution is -2.51. The van der Waals surface area contributed by atoms with E-state index in [2.05, 4.69) is 19.2 Å². The lowest BCUT2D eigenvalue weighted by Gasteiger charge is -2.28. The number of amides is 3. The van der Waals surface area contributed by atoms with Crippen molar-refractivity contribution >= 4 is 29.1 Å². The minimum absolute atomic E-state index is 0.0277. The number of anilines is 1. The van der Waals surface area contributed by atoms with Gasteiger partial charge in [0.15, 0.2) is 0 Å². The van der Waals surface area contributed by atoms with Gasteiger partial charge < -0.3 is 16.0 Å². The first-order valence-corrected chi connectivity index (χ1v) is 12.3. The molecule has 1 aliphatic heterocycles. The summed E-state index contributed by atoms with van der Waals surface area (Å²) in [6.07, 6.45) is 0.741. The molecule has 2 aromatic carbocycles. The van der Waals surface area contributed by atoms with E-state index in [1.807, 2.05) is 61.5 Å². The van der Waals surface area contributed by atoms with Crippen LogP contribution < -0.4 is 16.0 Å². The second kappa shape index (κ2) is 9.64. The number of nitrogens with zero attached hydrogens (tertiary/aromatic N) is 2. The largest absolute Gasteiger partial charge is 0.369 e. The standard InChI is InChI=1S/C28H34N4O3/c1-5-11-20(24(29)33)28(16-21(28)17(2)3)27(35)31-25-26(34)32(4)22-15-10-9-14-19(22)23(30-25)18-12-7-6-8-13-18/h6-10,12-15,17,20-21,25H,5,11,16H2,1-4H3,(H2,29,33)(H,31,35)/t20-,21+,25-,28?/m1/s1. The number of benzene rings is 2. The summed E-state index contributed by atoms with van der Waals surface area (Å²) >= 11 is 0. The van der Waals surface area contributed by atoms with Crippen molar-refractivity contribution in [3.05, 3.63) is 65.7 Å². The molecule has 0 aromatic heterocycles. The normalized spacial score (nSPS) is 24.3. The lowest BCUT2D eigenvalue weighted by atomic mass is 9.80. The summed E-state index contributed by atoms with van der Waals surface area (Å²) in [5.41, 5.74) is 7.90. The summed E-state index contributed by atoms with van der Waals surface area (Å²) in [6, 6.07) is 17.2. The van der Waals surface area contributed by atoms with Crippen LogP contribution in [0.3, 0.4) is 0 Å². The molecule has 1 heterocycles. The number of carbonyl (C=O) groups excluding carboxylic acids is 3. The average Bonchev–Trinajstić information content (AvgIpc) is 3.62. The molecular formula is C28H34N4O3. The van der Waals surface area contributed by atoms with Crippen molar-refractivity contribution in [3.8, 4) is 0 Å². The Balaban J connectivity index is 1.75. The first-order chi connectivity index (χ1) is 16.7. The number of carbonyl (C=O) groups is 3. The van der Waals surface area contributed by atoms with Crippen LogP contribution in [-0.2, 0) is 14.4 Å².